The van der Waals surface area contributed by atoms with Crippen LogP contribution in [0.1, 0.15) is 17.1 Å². The predicted molar refractivity (Wildman–Crippen MR) is 130 cm³/mol. The lowest BCUT2D eigenvalue weighted by atomic mass is 10.0. The van der Waals surface area contributed by atoms with E-state index in [1.165, 1.54) is 24.3 Å². The first-order valence-corrected chi connectivity index (χ1v) is 12.8. The summed E-state index contributed by atoms with van der Waals surface area (Å²) in [4.78, 5) is 56.7. The average molecular weight is 544 g/mol. The number of hydrogen-bond acceptors (Lipinski definition) is 12. The smallest absolute Gasteiger partial charge is 0.380 e. The summed E-state index contributed by atoms with van der Waals surface area (Å²) in [6, 6.07) is 0.919. The fourth-order valence-electron chi connectivity index (χ4n) is 4.33. The summed E-state index contributed by atoms with van der Waals surface area (Å²) in [6.45, 7) is 3.92. The van der Waals surface area contributed by atoms with Crippen LogP contribution in [0.2, 0.25) is 0 Å². The van der Waals surface area contributed by atoms with Crippen LogP contribution in [0.3, 0.4) is 0 Å². The molecule has 3 aromatic rings. The summed E-state index contributed by atoms with van der Waals surface area (Å²) in [5, 5.41) is 19.6. The Kier molecular flexibility index (Phi) is 6.28. The summed E-state index contributed by atoms with van der Waals surface area (Å²) in [5.41, 5.74) is 7.64. The number of nitrogens with one attached hydrogen (secondary N) is 1. The van der Waals surface area contributed by atoms with Gasteiger partial charge in [-0.15, -0.1) is 32.3 Å². The van der Waals surface area contributed by atoms with Gasteiger partial charge in [-0.25, -0.2) is 4.98 Å². The van der Waals surface area contributed by atoms with E-state index in [0.29, 0.717) is 17.1 Å². The van der Waals surface area contributed by atoms with Crippen LogP contribution in [0.4, 0.5) is 5.13 Å². The van der Waals surface area contributed by atoms with Crippen molar-refractivity contribution in [2.45, 2.75) is 31.8 Å². The van der Waals surface area contributed by atoms with Crippen molar-refractivity contribution in [3.8, 4) is 0 Å². The first kappa shape index (κ1) is 24.6. The Hall–Kier alpha value is -4.05. The molecule has 3 N–H and O–H groups in total. The Bertz CT molecular complexity index is 1510. The minimum atomic E-state index is -1.47. The second-order valence-electron chi connectivity index (χ2n) is 8.29. The second kappa shape index (κ2) is 9.44. The van der Waals surface area contributed by atoms with Crippen molar-refractivity contribution in [2.75, 3.05) is 18.6 Å². The van der Waals surface area contributed by atoms with E-state index in [2.05, 4.69) is 25.4 Å². The maximum atomic E-state index is 13.1. The third kappa shape index (κ3) is 4.27. The number of aromatic nitrogens is 5. The van der Waals surface area contributed by atoms with E-state index in [0.717, 1.165) is 27.6 Å². The Morgan fingerprint density at radius 1 is 1.38 bits per heavy atom. The van der Waals surface area contributed by atoms with Crippen LogP contribution in [0.5, 0.6) is 0 Å². The molecule has 0 unspecified atom stereocenters. The number of carboxylic acids is 1. The van der Waals surface area contributed by atoms with Gasteiger partial charge in [0.15, 0.2) is 10.8 Å². The van der Waals surface area contributed by atoms with Gasteiger partial charge in [0.25, 0.3) is 11.8 Å². The van der Waals surface area contributed by atoms with Gasteiger partial charge < -0.3 is 25.8 Å². The largest absolute Gasteiger partial charge is 0.543 e. The summed E-state index contributed by atoms with van der Waals surface area (Å²) in [6.07, 6.45) is 1.56. The standard InChI is InChI=1S/C21H21N9O5S2/c1-9-4-10(2)30-21(24-9)23-8-28(30)5-11-6-36-18-14(17(32)29(18)15(11)19(33)34)26-16(31)13(27-35-3)12-7-37-20(22)25-12/h4,7-8,14,18H,5-6H2,1-3H3,(H3-,22,25,26,31,33,34)/b27-13-/t14-,18-/m1/s1. The zero-order chi connectivity index (χ0) is 26.4. The number of aliphatic carboxylic acids is 1. The topological polar surface area (TPSA) is 184 Å². The van der Waals surface area contributed by atoms with Crippen molar-refractivity contribution in [3.63, 3.8) is 0 Å². The number of nitrogens with two attached hydrogens (primary N) is 1. The third-order valence-electron chi connectivity index (χ3n) is 5.82. The van der Waals surface area contributed by atoms with E-state index in [4.69, 9.17) is 10.6 Å². The van der Waals surface area contributed by atoms with Crippen LogP contribution in [0.25, 0.3) is 5.78 Å². The van der Waals surface area contributed by atoms with Gasteiger partial charge in [0.2, 0.25) is 0 Å². The van der Waals surface area contributed by atoms with Gasteiger partial charge in [-0.1, -0.05) is 5.16 Å². The Labute approximate surface area is 217 Å². The number of carbonyl (C=O) groups excluding carboxylic acids is 3. The molecular weight excluding hydrogens is 522 g/mol. The molecule has 2 aliphatic heterocycles. The number of thiazole rings is 1. The molecule has 3 aromatic heterocycles. The Morgan fingerprint density at radius 2 is 2.16 bits per heavy atom. The minimum Gasteiger partial charge on any atom is -0.543 e. The lowest BCUT2D eigenvalue weighted by Gasteiger charge is -2.50. The minimum absolute atomic E-state index is 0.151. The van der Waals surface area contributed by atoms with E-state index >= 15 is 0 Å². The number of rotatable bonds is 7. The van der Waals surface area contributed by atoms with Crippen LogP contribution < -0.4 is 20.8 Å². The summed E-state index contributed by atoms with van der Waals surface area (Å²) < 4.78 is 3.50. The molecule has 37 heavy (non-hydrogen) atoms. The number of hydrogen-bond donors (Lipinski definition) is 2. The van der Waals surface area contributed by atoms with Crippen molar-refractivity contribution in [1.29, 1.82) is 0 Å². The molecule has 2 aliphatic rings. The van der Waals surface area contributed by atoms with E-state index in [9.17, 15) is 19.5 Å². The van der Waals surface area contributed by atoms with E-state index in [1.807, 2.05) is 19.9 Å². The fraction of sp³-hybridized carbons (Fsp3) is 0.333. The molecule has 192 valence electrons. The highest BCUT2D eigenvalue weighted by Gasteiger charge is 2.53. The molecule has 5 heterocycles. The van der Waals surface area contributed by atoms with E-state index < -0.39 is 29.2 Å². The monoisotopic (exact) mass is 543 g/mol. The number of nitrogens with zero attached hydrogens (tertiary/aromatic N) is 7. The number of amides is 2. The zero-order valence-corrected chi connectivity index (χ0v) is 21.5. The van der Waals surface area contributed by atoms with Crippen molar-refractivity contribution in [2.24, 2.45) is 5.16 Å². The maximum Gasteiger partial charge on any atom is 0.380 e. The number of carboxylic acid groups (broad SMARTS) is 1. The Morgan fingerprint density at radius 3 is 2.84 bits per heavy atom. The van der Waals surface area contributed by atoms with Gasteiger partial charge in [-0.2, -0.15) is 4.98 Å². The van der Waals surface area contributed by atoms with Crippen LogP contribution in [0, 0.1) is 13.8 Å². The van der Waals surface area contributed by atoms with Crippen LogP contribution in [0.15, 0.2) is 34.2 Å². The van der Waals surface area contributed by atoms with Gasteiger partial charge in [0.1, 0.15) is 30.8 Å². The first-order chi connectivity index (χ1) is 17.7. The van der Waals surface area contributed by atoms with E-state index in [1.54, 1.807) is 15.5 Å². The number of thioether (sulfide) groups is 1. The highest BCUT2D eigenvalue weighted by Crippen LogP contribution is 2.40. The molecular formula is C21H21N9O5S2. The molecule has 14 nitrogen and oxygen atoms in total. The van der Waals surface area contributed by atoms with Gasteiger partial charge >= 0.3 is 12.1 Å². The Balaban J connectivity index is 1.39. The van der Waals surface area contributed by atoms with Crippen LogP contribution >= 0.6 is 23.1 Å². The number of aryl methyl sites for hydroxylation is 2. The van der Waals surface area contributed by atoms with Crippen molar-refractivity contribution < 1.29 is 29.0 Å². The molecule has 1 fully saturated rings. The molecule has 0 aliphatic carbocycles. The van der Waals surface area contributed by atoms with Crippen molar-refractivity contribution in [1.82, 2.24) is 29.7 Å². The summed E-state index contributed by atoms with van der Waals surface area (Å²) in [7, 11) is 1.27. The highest BCUT2D eigenvalue weighted by molar-refractivity contribution is 8.00. The molecule has 2 amide bonds. The number of anilines is 1. The quantitative estimate of drug-likeness (QED) is 0.148. The number of carbonyl (C=O) groups is 3. The van der Waals surface area contributed by atoms with Crippen LogP contribution in [-0.2, 0) is 25.8 Å². The van der Waals surface area contributed by atoms with Gasteiger partial charge in [-0.05, 0) is 24.9 Å². The summed E-state index contributed by atoms with van der Waals surface area (Å²) >= 11 is 2.45. The average Bonchev–Trinajstić information content (AvgIpc) is 3.46. The SMILES string of the molecule is CO/N=C(\C(=O)N[C@@H]1C(=O)N2C(C(=O)[O-])=C(C[n+]3cnc4nc(C)cc(C)n43)CS[C@H]12)c1csc(N)n1. The van der Waals surface area contributed by atoms with Crippen molar-refractivity contribution >= 4 is 57.5 Å². The highest BCUT2D eigenvalue weighted by atomic mass is 32.2. The maximum absolute atomic E-state index is 13.1. The number of β-lactam (4-membered cyclic amide) rings is 1. The van der Waals surface area contributed by atoms with Gasteiger partial charge in [0, 0.05) is 22.4 Å². The normalized spacial score (nSPS) is 19.6. The molecule has 0 aromatic carbocycles. The summed E-state index contributed by atoms with van der Waals surface area (Å²) in [5.74, 6) is -1.97. The predicted octanol–water partition coefficient (Wildman–Crippen LogP) is -1.87. The molecule has 0 saturated carbocycles. The zero-order valence-electron chi connectivity index (χ0n) is 19.9. The lowest BCUT2D eigenvalue weighted by molar-refractivity contribution is -0.755. The van der Waals surface area contributed by atoms with Crippen LogP contribution in [-0.4, -0.2) is 72.1 Å². The molecule has 2 atom stereocenters. The number of nitrogen functional groups attached to an aromatic ring is 1. The molecule has 0 radical (unpaired) electrons. The fourth-order valence-corrected chi connectivity index (χ4v) is 6.21. The van der Waals surface area contributed by atoms with Gasteiger partial charge in [0.05, 0.1) is 17.4 Å². The first-order valence-electron chi connectivity index (χ1n) is 10.9. The molecule has 0 bridgehead atoms. The molecule has 1 saturated heterocycles. The number of fused-ring (bicyclic) bond motifs is 2. The molecule has 5 rings (SSSR count). The molecule has 0 spiro atoms. The second-order valence-corrected chi connectivity index (χ2v) is 10.3. The van der Waals surface area contributed by atoms with Gasteiger partial charge in [-0.3, -0.25) is 14.5 Å². The van der Waals surface area contributed by atoms with E-state index in [-0.39, 0.29) is 28.8 Å². The van der Waals surface area contributed by atoms with Crippen molar-refractivity contribution in [3.05, 3.63) is 46.1 Å². The molecule has 16 heteroatoms. The number of oxime groups is 1. The lowest BCUT2D eigenvalue weighted by Crippen LogP contribution is -2.71. The third-order valence-corrected chi connectivity index (χ3v) is 7.84.